The van der Waals surface area contributed by atoms with E-state index in [-0.39, 0.29) is 17.3 Å². The minimum absolute atomic E-state index is 0.0470. The normalized spacial score (nSPS) is 14.9. The minimum atomic E-state index is -0.784. The SMILES string of the molecule is O=C(COC(=O)CNC(=O)c1cccc([N+](=O)[O-])c1)N[C@@H]1CCCc2ccccc21. The maximum Gasteiger partial charge on any atom is 0.325 e. The lowest BCUT2D eigenvalue weighted by Gasteiger charge is -2.26. The van der Waals surface area contributed by atoms with Crippen LogP contribution >= 0.6 is 0 Å². The van der Waals surface area contributed by atoms with Crippen LogP contribution in [0.1, 0.15) is 40.4 Å². The third-order valence-electron chi connectivity index (χ3n) is 4.78. The first-order chi connectivity index (χ1) is 14.4. The van der Waals surface area contributed by atoms with E-state index in [2.05, 4.69) is 10.6 Å². The van der Waals surface area contributed by atoms with Gasteiger partial charge in [0.1, 0.15) is 6.54 Å². The molecule has 2 aromatic carbocycles. The molecule has 0 aliphatic heterocycles. The molecule has 0 aromatic heterocycles. The highest BCUT2D eigenvalue weighted by Gasteiger charge is 2.22. The van der Waals surface area contributed by atoms with Gasteiger partial charge >= 0.3 is 5.97 Å². The van der Waals surface area contributed by atoms with Crippen molar-refractivity contribution in [2.45, 2.75) is 25.3 Å². The number of nitro benzene ring substituents is 1. The smallest absolute Gasteiger partial charge is 0.325 e. The second-order valence-electron chi connectivity index (χ2n) is 6.86. The van der Waals surface area contributed by atoms with Crippen LogP contribution in [0.25, 0.3) is 0 Å². The third-order valence-corrected chi connectivity index (χ3v) is 4.78. The molecule has 1 aliphatic rings. The minimum Gasteiger partial charge on any atom is -0.454 e. The fourth-order valence-corrected chi connectivity index (χ4v) is 3.35. The van der Waals surface area contributed by atoms with Crippen molar-refractivity contribution in [1.82, 2.24) is 10.6 Å². The summed E-state index contributed by atoms with van der Waals surface area (Å²) >= 11 is 0. The number of fused-ring (bicyclic) bond motifs is 1. The average molecular weight is 411 g/mol. The van der Waals surface area contributed by atoms with E-state index in [1.807, 2.05) is 24.3 Å². The van der Waals surface area contributed by atoms with Gasteiger partial charge in [-0.15, -0.1) is 0 Å². The Hall–Kier alpha value is -3.75. The number of nitrogens with zero attached hydrogens (tertiary/aromatic N) is 1. The van der Waals surface area contributed by atoms with E-state index in [1.165, 1.54) is 23.8 Å². The maximum absolute atomic E-state index is 12.1. The Morgan fingerprint density at radius 2 is 1.93 bits per heavy atom. The number of aryl methyl sites for hydroxylation is 1. The predicted molar refractivity (Wildman–Crippen MR) is 107 cm³/mol. The van der Waals surface area contributed by atoms with E-state index >= 15 is 0 Å². The molecule has 0 fully saturated rings. The number of hydrogen-bond acceptors (Lipinski definition) is 6. The molecule has 0 unspecified atom stereocenters. The van der Waals surface area contributed by atoms with Gasteiger partial charge in [-0.3, -0.25) is 24.5 Å². The van der Waals surface area contributed by atoms with Crippen molar-refractivity contribution < 1.29 is 24.0 Å². The molecule has 3 rings (SSSR count). The molecule has 0 radical (unpaired) electrons. The first-order valence-electron chi connectivity index (χ1n) is 9.49. The summed E-state index contributed by atoms with van der Waals surface area (Å²) in [4.78, 5) is 46.1. The van der Waals surface area contributed by atoms with Crippen molar-refractivity contribution in [2.24, 2.45) is 0 Å². The highest BCUT2D eigenvalue weighted by molar-refractivity contribution is 5.96. The Bertz CT molecular complexity index is 975. The van der Waals surface area contributed by atoms with Crippen LogP contribution in [0.2, 0.25) is 0 Å². The van der Waals surface area contributed by atoms with Gasteiger partial charge < -0.3 is 15.4 Å². The van der Waals surface area contributed by atoms with Crippen molar-refractivity contribution >= 4 is 23.5 Å². The molecule has 0 heterocycles. The molecule has 0 spiro atoms. The van der Waals surface area contributed by atoms with E-state index in [0.717, 1.165) is 30.9 Å². The monoisotopic (exact) mass is 411 g/mol. The fourth-order valence-electron chi connectivity index (χ4n) is 3.35. The average Bonchev–Trinajstić information content (AvgIpc) is 2.76. The number of amides is 2. The van der Waals surface area contributed by atoms with Gasteiger partial charge in [0.2, 0.25) is 0 Å². The number of carbonyl (C=O) groups excluding carboxylic acids is 3. The van der Waals surface area contributed by atoms with Gasteiger partial charge in [0.15, 0.2) is 6.61 Å². The number of esters is 1. The Morgan fingerprint density at radius 3 is 2.73 bits per heavy atom. The number of ether oxygens (including phenoxy) is 1. The number of hydrogen-bond donors (Lipinski definition) is 2. The Morgan fingerprint density at radius 1 is 1.13 bits per heavy atom. The second-order valence-corrected chi connectivity index (χ2v) is 6.86. The standard InChI is InChI=1S/C21H21N3O6/c25-19(23-18-10-4-6-14-5-1-2-9-17(14)18)13-30-20(26)12-22-21(27)15-7-3-8-16(11-15)24(28)29/h1-3,5,7-9,11,18H,4,6,10,12-13H2,(H,22,27)(H,23,25)/t18-/m1/s1. The van der Waals surface area contributed by atoms with E-state index in [1.54, 1.807) is 0 Å². The van der Waals surface area contributed by atoms with Crippen LogP contribution in [0.3, 0.4) is 0 Å². The first-order valence-corrected chi connectivity index (χ1v) is 9.49. The predicted octanol–water partition coefficient (Wildman–Crippen LogP) is 2.06. The van der Waals surface area contributed by atoms with Crippen LogP contribution in [-0.4, -0.2) is 35.9 Å². The number of rotatable bonds is 7. The molecule has 2 amide bonds. The van der Waals surface area contributed by atoms with E-state index in [9.17, 15) is 24.5 Å². The number of nitrogens with one attached hydrogen (secondary N) is 2. The lowest BCUT2D eigenvalue weighted by atomic mass is 9.88. The molecular weight excluding hydrogens is 390 g/mol. The Labute approximate surface area is 172 Å². The molecule has 2 N–H and O–H groups in total. The van der Waals surface area contributed by atoms with E-state index < -0.39 is 35.9 Å². The highest BCUT2D eigenvalue weighted by Crippen LogP contribution is 2.29. The van der Waals surface area contributed by atoms with Crippen LogP contribution in [0.4, 0.5) is 5.69 Å². The number of carbonyl (C=O) groups is 3. The quantitative estimate of drug-likeness (QED) is 0.408. The summed E-state index contributed by atoms with van der Waals surface area (Å²) in [5.74, 6) is -1.86. The lowest BCUT2D eigenvalue weighted by molar-refractivity contribution is -0.384. The van der Waals surface area contributed by atoms with Crippen LogP contribution in [0, 0.1) is 10.1 Å². The summed E-state index contributed by atoms with van der Waals surface area (Å²) in [6.07, 6.45) is 2.75. The van der Waals surface area contributed by atoms with Crippen LogP contribution in [-0.2, 0) is 20.7 Å². The third kappa shape index (κ3) is 5.40. The van der Waals surface area contributed by atoms with Crippen molar-refractivity contribution in [3.05, 3.63) is 75.3 Å². The van der Waals surface area contributed by atoms with Crippen LogP contribution < -0.4 is 10.6 Å². The molecule has 1 aliphatic carbocycles. The number of nitro groups is 1. The number of non-ortho nitro benzene ring substituents is 1. The molecule has 1 atom stereocenters. The maximum atomic E-state index is 12.1. The van der Waals surface area contributed by atoms with Gasteiger partial charge in [-0.2, -0.15) is 0 Å². The highest BCUT2D eigenvalue weighted by atomic mass is 16.6. The van der Waals surface area contributed by atoms with Crippen molar-refractivity contribution in [1.29, 1.82) is 0 Å². The Kier molecular flexibility index (Phi) is 6.74. The fraction of sp³-hybridized carbons (Fsp3) is 0.286. The Balaban J connectivity index is 1.44. The second kappa shape index (κ2) is 9.64. The summed E-state index contributed by atoms with van der Waals surface area (Å²) in [5, 5.41) is 15.9. The molecule has 9 nitrogen and oxygen atoms in total. The largest absolute Gasteiger partial charge is 0.454 e. The van der Waals surface area contributed by atoms with Crippen molar-refractivity contribution in [3.63, 3.8) is 0 Å². The van der Waals surface area contributed by atoms with Crippen molar-refractivity contribution in [2.75, 3.05) is 13.2 Å². The van der Waals surface area contributed by atoms with Gasteiger partial charge in [-0.1, -0.05) is 30.3 Å². The zero-order valence-corrected chi connectivity index (χ0v) is 16.1. The van der Waals surface area contributed by atoms with Gasteiger partial charge in [0.25, 0.3) is 17.5 Å². The van der Waals surface area contributed by atoms with Crippen molar-refractivity contribution in [3.8, 4) is 0 Å². The summed E-state index contributed by atoms with van der Waals surface area (Å²) in [6, 6.07) is 12.9. The summed E-state index contributed by atoms with van der Waals surface area (Å²) in [6.45, 7) is -0.911. The summed E-state index contributed by atoms with van der Waals surface area (Å²) in [7, 11) is 0. The zero-order chi connectivity index (χ0) is 21.5. The molecule has 0 bridgehead atoms. The summed E-state index contributed by atoms with van der Waals surface area (Å²) < 4.78 is 4.91. The van der Waals surface area contributed by atoms with Gasteiger partial charge in [-0.05, 0) is 36.5 Å². The molecule has 9 heteroatoms. The van der Waals surface area contributed by atoms with Gasteiger partial charge in [0, 0.05) is 17.7 Å². The van der Waals surface area contributed by atoms with Gasteiger partial charge in [0.05, 0.1) is 11.0 Å². The molecular formula is C21H21N3O6. The molecule has 0 saturated heterocycles. The topological polar surface area (TPSA) is 128 Å². The lowest BCUT2D eigenvalue weighted by Crippen LogP contribution is -2.36. The molecule has 156 valence electrons. The number of benzene rings is 2. The summed E-state index contributed by atoms with van der Waals surface area (Å²) in [5.41, 5.74) is 2.10. The molecule has 0 saturated carbocycles. The molecule has 2 aromatic rings. The van der Waals surface area contributed by atoms with E-state index in [0.29, 0.717) is 0 Å². The van der Waals surface area contributed by atoms with E-state index in [4.69, 9.17) is 4.74 Å². The van der Waals surface area contributed by atoms with Crippen LogP contribution in [0.15, 0.2) is 48.5 Å². The van der Waals surface area contributed by atoms with Crippen LogP contribution in [0.5, 0.6) is 0 Å². The molecule has 30 heavy (non-hydrogen) atoms. The zero-order valence-electron chi connectivity index (χ0n) is 16.1. The van der Waals surface area contributed by atoms with Gasteiger partial charge in [-0.25, -0.2) is 0 Å². The first kappa shape index (κ1) is 21.0.